The van der Waals surface area contributed by atoms with Crippen LogP contribution in [0.1, 0.15) is 17.0 Å². The first-order valence-electron chi connectivity index (χ1n) is 9.20. The van der Waals surface area contributed by atoms with Gasteiger partial charge in [-0.25, -0.2) is 9.97 Å². The van der Waals surface area contributed by atoms with Crippen LogP contribution in [-0.2, 0) is 19.5 Å². The van der Waals surface area contributed by atoms with Gasteiger partial charge in [-0.15, -0.1) is 0 Å². The molecule has 0 atom stereocenters. The summed E-state index contributed by atoms with van der Waals surface area (Å²) in [5.74, 6) is 3.12. The molecule has 0 aliphatic carbocycles. The molecule has 1 aromatic carbocycles. The molecule has 0 saturated heterocycles. The summed E-state index contributed by atoms with van der Waals surface area (Å²) in [6.45, 7) is 2.48. The molecule has 0 radical (unpaired) electrons. The highest BCUT2D eigenvalue weighted by molar-refractivity contribution is 6.30. The number of furan rings is 2. The summed E-state index contributed by atoms with van der Waals surface area (Å²) >= 11 is 6.08. The van der Waals surface area contributed by atoms with Crippen LogP contribution >= 0.6 is 11.6 Å². The van der Waals surface area contributed by atoms with Crippen LogP contribution in [0.2, 0.25) is 5.02 Å². The van der Waals surface area contributed by atoms with Crippen LogP contribution in [0.15, 0.2) is 69.8 Å². The summed E-state index contributed by atoms with van der Waals surface area (Å²) < 4.78 is 11.4. The van der Waals surface area contributed by atoms with Crippen LogP contribution in [0, 0.1) is 0 Å². The van der Waals surface area contributed by atoms with Gasteiger partial charge in [-0.05, 0) is 36.4 Å². The maximum Gasteiger partial charge on any atom is 0.195 e. The molecular formula is C22H18ClN3O2. The van der Waals surface area contributed by atoms with Gasteiger partial charge in [0, 0.05) is 41.9 Å². The summed E-state index contributed by atoms with van der Waals surface area (Å²) in [4.78, 5) is 11.5. The van der Waals surface area contributed by atoms with E-state index in [9.17, 15) is 0 Å². The van der Waals surface area contributed by atoms with Crippen molar-refractivity contribution in [1.29, 1.82) is 0 Å². The lowest BCUT2D eigenvalue weighted by Gasteiger charge is -2.27. The average Bonchev–Trinajstić information content (AvgIpc) is 3.40. The lowest BCUT2D eigenvalue weighted by Crippen LogP contribution is -2.30. The van der Waals surface area contributed by atoms with Crippen molar-refractivity contribution in [2.45, 2.75) is 19.5 Å². The molecule has 28 heavy (non-hydrogen) atoms. The predicted molar refractivity (Wildman–Crippen MR) is 107 cm³/mol. The fraction of sp³-hybridized carbons (Fsp3) is 0.182. The van der Waals surface area contributed by atoms with Gasteiger partial charge in [0.05, 0.1) is 18.5 Å². The van der Waals surface area contributed by atoms with Crippen molar-refractivity contribution < 1.29 is 8.83 Å². The number of aromatic nitrogens is 2. The molecule has 0 fully saturated rings. The van der Waals surface area contributed by atoms with E-state index in [0.717, 1.165) is 54.4 Å². The van der Waals surface area contributed by atoms with Crippen molar-refractivity contribution >= 4 is 11.6 Å². The normalized spacial score (nSPS) is 14.2. The Hall–Kier alpha value is -2.89. The molecule has 0 unspecified atom stereocenters. The summed E-state index contributed by atoms with van der Waals surface area (Å²) in [7, 11) is 0. The van der Waals surface area contributed by atoms with Gasteiger partial charge in [0.15, 0.2) is 11.6 Å². The van der Waals surface area contributed by atoms with Gasteiger partial charge in [0.25, 0.3) is 0 Å². The number of halogens is 1. The zero-order valence-electron chi connectivity index (χ0n) is 15.1. The van der Waals surface area contributed by atoms with E-state index in [1.165, 1.54) is 0 Å². The Morgan fingerprint density at radius 1 is 1.07 bits per heavy atom. The van der Waals surface area contributed by atoms with Gasteiger partial charge in [0.2, 0.25) is 0 Å². The van der Waals surface area contributed by atoms with Gasteiger partial charge in [-0.2, -0.15) is 0 Å². The molecule has 5 nitrogen and oxygen atoms in total. The number of fused-ring (bicyclic) bond motifs is 1. The Bertz CT molecular complexity index is 1100. The van der Waals surface area contributed by atoms with Crippen LogP contribution in [0.4, 0.5) is 0 Å². The third kappa shape index (κ3) is 3.46. The minimum atomic E-state index is 0.648. The first-order valence-corrected chi connectivity index (χ1v) is 9.58. The standard InChI is InChI=1S/C22H18ClN3O2/c23-17-4-1-3-15(11-17)20-7-6-18(28-20)14-26-9-8-19-16(13-26)12-24-22(25-19)21-5-2-10-27-21/h1-7,10-12H,8-9,13-14H2. The minimum Gasteiger partial charge on any atom is -0.461 e. The Morgan fingerprint density at radius 3 is 2.89 bits per heavy atom. The van der Waals surface area contributed by atoms with E-state index < -0.39 is 0 Å². The number of hydrogen-bond acceptors (Lipinski definition) is 5. The average molecular weight is 392 g/mol. The second-order valence-electron chi connectivity index (χ2n) is 6.88. The van der Waals surface area contributed by atoms with E-state index in [4.69, 9.17) is 20.4 Å². The molecule has 0 saturated carbocycles. The number of nitrogens with zero attached hydrogens (tertiary/aromatic N) is 3. The molecule has 1 aliphatic rings. The molecule has 3 aromatic heterocycles. The molecule has 5 rings (SSSR count). The predicted octanol–water partition coefficient (Wildman–Crippen LogP) is 5.21. The maximum absolute atomic E-state index is 6.08. The Balaban J connectivity index is 1.29. The minimum absolute atomic E-state index is 0.648. The lowest BCUT2D eigenvalue weighted by atomic mass is 10.1. The van der Waals surface area contributed by atoms with E-state index in [-0.39, 0.29) is 0 Å². The van der Waals surface area contributed by atoms with Gasteiger partial charge in [0.1, 0.15) is 11.5 Å². The monoisotopic (exact) mass is 391 g/mol. The van der Waals surface area contributed by atoms with Crippen molar-refractivity contribution in [2.24, 2.45) is 0 Å². The Labute approximate surface area is 167 Å². The molecule has 0 bridgehead atoms. The van der Waals surface area contributed by atoms with Crippen molar-refractivity contribution in [3.63, 3.8) is 0 Å². The molecule has 0 amide bonds. The van der Waals surface area contributed by atoms with Crippen LogP contribution in [0.3, 0.4) is 0 Å². The molecule has 140 valence electrons. The van der Waals surface area contributed by atoms with E-state index in [0.29, 0.717) is 16.6 Å². The van der Waals surface area contributed by atoms with Gasteiger partial charge in [-0.1, -0.05) is 23.7 Å². The third-order valence-electron chi connectivity index (χ3n) is 4.90. The zero-order valence-corrected chi connectivity index (χ0v) is 15.9. The summed E-state index contributed by atoms with van der Waals surface area (Å²) in [6.07, 6.45) is 4.43. The highest BCUT2D eigenvalue weighted by atomic mass is 35.5. The largest absolute Gasteiger partial charge is 0.461 e. The molecule has 6 heteroatoms. The summed E-state index contributed by atoms with van der Waals surface area (Å²) in [5.41, 5.74) is 3.24. The van der Waals surface area contributed by atoms with Crippen molar-refractivity contribution in [2.75, 3.05) is 6.54 Å². The van der Waals surface area contributed by atoms with Gasteiger partial charge >= 0.3 is 0 Å². The molecule has 1 aliphatic heterocycles. The first kappa shape index (κ1) is 17.2. The van der Waals surface area contributed by atoms with E-state index in [1.807, 2.05) is 54.7 Å². The summed E-state index contributed by atoms with van der Waals surface area (Å²) in [6, 6.07) is 15.5. The number of benzene rings is 1. The van der Waals surface area contributed by atoms with Crippen LogP contribution in [-0.4, -0.2) is 21.4 Å². The van der Waals surface area contributed by atoms with E-state index in [2.05, 4.69) is 14.9 Å². The van der Waals surface area contributed by atoms with E-state index in [1.54, 1.807) is 6.26 Å². The molecule has 4 heterocycles. The second-order valence-corrected chi connectivity index (χ2v) is 7.32. The fourth-order valence-corrected chi connectivity index (χ4v) is 3.70. The first-order chi connectivity index (χ1) is 13.7. The van der Waals surface area contributed by atoms with E-state index >= 15 is 0 Å². The Kier molecular flexibility index (Phi) is 4.47. The SMILES string of the molecule is Clc1cccc(-c2ccc(CN3CCc4nc(-c5ccco5)ncc4C3)o2)c1. The van der Waals surface area contributed by atoms with Crippen LogP contribution in [0.25, 0.3) is 22.9 Å². The zero-order chi connectivity index (χ0) is 18.9. The molecule has 0 N–H and O–H groups in total. The second kappa shape index (κ2) is 7.26. The van der Waals surface area contributed by atoms with Crippen LogP contribution in [0.5, 0.6) is 0 Å². The molecule has 0 spiro atoms. The quantitative estimate of drug-likeness (QED) is 0.478. The molecule has 4 aromatic rings. The number of hydrogen-bond donors (Lipinski definition) is 0. The topological polar surface area (TPSA) is 55.3 Å². The smallest absolute Gasteiger partial charge is 0.195 e. The van der Waals surface area contributed by atoms with Gasteiger partial charge in [-0.3, -0.25) is 4.90 Å². The fourth-order valence-electron chi connectivity index (χ4n) is 3.51. The molecular weight excluding hydrogens is 374 g/mol. The van der Waals surface area contributed by atoms with Crippen molar-refractivity contribution in [1.82, 2.24) is 14.9 Å². The van der Waals surface area contributed by atoms with Crippen molar-refractivity contribution in [3.8, 4) is 22.9 Å². The Morgan fingerprint density at radius 2 is 2.04 bits per heavy atom. The highest BCUT2D eigenvalue weighted by Gasteiger charge is 2.20. The lowest BCUT2D eigenvalue weighted by molar-refractivity contribution is 0.224. The van der Waals surface area contributed by atoms with Crippen LogP contribution < -0.4 is 0 Å². The van der Waals surface area contributed by atoms with Gasteiger partial charge < -0.3 is 8.83 Å². The third-order valence-corrected chi connectivity index (χ3v) is 5.14. The van der Waals surface area contributed by atoms with Crippen molar-refractivity contribution in [3.05, 3.63) is 83.0 Å². The highest BCUT2D eigenvalue weighted by Crippen LogP contribution is 2.27. The number of rotatable bonds is 4. The maximum atomic E-state index is 6.08. The summed E-state index contributed by atoms with van der Waals surface area (Å²) in [5, 5.41) is 0.706.